The molecule has 0 amide bonds. The number of benzene rings is 2. The van der Waals surface area contributed by atoms with E-state index in [1.54, 1.807) is 6.07 Å². The normalized spacial score (nSPS) is 22.6. The van der Waals surface area contributed by atoms with E-state index >= 15 is 0 Å². The summed E-state index contributed by atoms with van der Waals surface area (Å²) in [5, 5.41) is 3.38. The molecule has 1 fully saturated rings. The molecule has 2 aromatic carbocycles. The van der Waals surface area contributed by atoms with Gasteiger partial charge in [0.2, 0.25) is 0 Å². The first-order valence-electron chi connectivity index (χ1n) is 6.49. The molecule has 0 spiro atoms. The lowest BCUT2D eigenvalue weighted by Gasteiger charge is -2.20. The minimum absolute atomic E-state index is 0.0532. The summed E-state index contributed by atoms with van der Waals surface area (Å²) in [4.78, 5) is 0. The maximum Gasteiger partial charge on any atom is 0.159 e. The van der Waals surface area contributed by atoms with Crippen LogP contribution in [0.25, 0.3) is 0 Å². The highest BCUT2D eigenvalue weighted by Crippen LogP contribution is 2.37. The van der Waals surface area contributed by atoms with Gasteiger partial charge < -0.3 is 5.32 Å². The van der Waals surface area contributed by atoms with Gasteiger partial charge in [-0.15, -0.1) is 0 Å². The summed E-state index contributed by atoms with van der Waals surface area (Å²) in [6.07, 6.45) is 1.01. The SMILES string of the molecule is Fc1ccc(C2NCCC2c2ccccc2)cc1F. The molecule has 3 heteroatoms. The van der Waals surface area contributed by atoms with Gasteiger partial charge in [-0.25, -0.2) is 8.78 Å². The van der Waals surface area contributed by atoms with Crippen molar-refractivity contribution in [2.75, 3.05) is 6.54 Å². The third kappa shape index (κ3) is 2.38. The topological polar surface area (TPSA) is 12.0 Å². The first kappa shape index (κ1) is 12.3. The molecule has 0 aliphatic carbocycles. The maximum absolute atomic E-state index is 13.4. The zero-order chi connectivity index (χ0) is 13.2. The molecule has 0 bridgehead atoms. The Morgan fingerprint density at radius 3 is 2.42 bits per heavy atom. The van der Waals surface area contributed by atoms with E-state index in [0.717, 1.165) is 18.5 Å². The Labute approximate surface area is 111 Å². The second-order valence-corrected chi connectivity index (χ2v) is 4.91. The zero-order valence-electron chi connectivity index (χ0n) is 10.4. The van der Waals surface area contributed by atoms with Crippen molar-refractivity contribution in [2.45, 2.75) is 18.4 Å². The summed E-state index contributed by atoms with van der Waals surface area (Å²) in [5.41, 5.74) is 2.05. The first-order chi connectivity index (χ1) is 9.25. The predicted octanol–water partition coefficient (Wildman–Crippen LogP) is 3.78. The standard InChI is InChI=1S/C16H15F2N/c17-14-7-6-12(10-15(14)18)16-13(8-9-19-16)11-4-2-1-3-5-11/h1-7,10,13,16,19H,8-9H2. The van der Waals surface area contributed by atoms with E-state index in [1.807, 2.05) is 18.2 Å². The van der Waals surface area contributed by atoms with Gasteiger partial charge in [-0.1, -0.05) is 36.4 Å². The van der Waals surface area contributed by atoms with Crippen LogP contribution < -0.4 is 5.32 Å². The minimum atomic E-state index is -0.794. The van der Waals surface area contributed by atoms with Crippen LogP contribution in [-0.4, -0.2) is 6.54 Å². The van der Waals surface area contributed by atoms with E-state index in [0.29, 0.717) is 5.92 Å². The molecule has 2 unspecified atom stereocenters. The van der Waals surface area contributed by atoms with Gasteiger partial charge in [0.05, 0.1) is 0 Å². The Morgan fingerprint density at radius 2 is 1.68 bits per heavy atom. The molecular weight excluding hydrogens is 244 g/mol. The average molecular weight is 259 g/mol. The Bertz CT molecular complexity index is 568. The Morgan fingerprint density at radius 1 is 0.895 bits per heavy atom. The smallest absolute Gasteiger partial charge is 0.159 e. The fraction of sp³-hybridized carbons (Fsp3) is 0.250. The maximum atomic E-state index is 13.4. The second-order valence-electron chi connectivity index (χ2n) is 4.91. The summed E-state index contributed by atoms with van der Waals surface area (Å²) in [5.74, 6) is -1.26. The highest BCUT2D eigenvalue weighted by molar-refractivity contribution is 5.30. The van der Waals surface area contributed by atoms with E-state index in [2.05, 4.69) is 17.4 Å². The number of halogens is 2. The highest BCUT2D eigenvalue weighted by atomic mass is 19.2. The summed E-state index contributed by atoms with van der Waals surface area (Å²) in [6, 6.07) is 14.4. The van der Waals surface area contributed by atoms with Crippen LogP contribution in [0, 0.1) is 11.6 Å². The van der Waals surface area contributed by atoms with Crippen molar-refractivity contribution >= 4 is 0 Å². The molecule has 0 radical (unpaired) electrons. The molecule has 1 aliphatic heterocycles. The Kier molecular flexibility index (Phi) is 3.30. The fourth-order valence-corrected chi connectivity index (χ4v) is 2.82. The van der Waals surface area contributed by atoms with Crippen LogP contribution >= 0.6 is 0 Å². The monoisotopic (exact) mass is 259 g/mol. The lowest BCUT2D eigenvalue weighted by molar-refractivity contribution is 0.500. The third-order valence-corrected chi connectivity index (χ3v) is 3.75. The molecule has 1 N–H and O–H groups in total. The number of rotatable bonds is 2. The number of hydrogen-bond acceptors (Lipinski definition) is 1. The van der Waals surface area contributed by atoms with Crippen molar-refractivity contribution in [1.29, 1.82) is 0 Å². The van der Waals surface area contributed by atoms with Crippen molar-refractivity contribution in [3.05, 3.63) is 71.3 Å². The van der Waals surface area contributed by atoms with Gasteiger partial charge in [-0.05, 0) is 36.2 Å². The summed E-state index contributed by atoms with van der Waals surface area (Å²) < 4.78 is 26.4. The Hall–Kier alpha value is -1.74. The second kappa shape index (κ2) is 5.10. The van der Waals surface area contributed by atoms with Crippen LogP contribution in [0.15, 0.2) is 48.5 Å². The van der Waals surface area contributed by atoms with Crippen molar-refractivity contribution in [1.82, 2.24) is 5.32 Å². The van der Waals surface area contributed by atoms with Gasteiger partial charge in [-0.3, -0.25) is 0 Å². The van der Waals surface area contributed by atoms with E-state index in [1.165, 1.54) is 17.7 Å². The van der Waals surface area contributed by atoms with Crippen molar-refractivity contribution in [2.24, 2.45) is 0 Å². The van der Waals surface area contributed by atoms with Crippen LogP contribution in [0.2, 0.25) is 0 Å². The number of hydrogen-bond donors (Lipinski definition) is 1. The molecule has 1 heterocycles. The van der Waals surface area contributed by atoms with Crippen LogP contribution in [0.3, 0.4) is 0 Å². The molecule has 0 saturated carbocycles. The van der Waals surface area contributed by atoms with Gasteiger partial charge in [0, 0.05) is 12.0 Å². The molecule has 2 aromatic rings. The largest absolute Gasteiger partial charge is 0.309 e. The minimum Gasteiger partial charge on any atom is -0.309 e. The van der Waals surface area contributed by atoms with Crippen molar-refractivity contribution in [3.63, 3.8) is 0 Å². The van der Waals surface area contributed by atoms with E-state index < -0.39 is 11.6 Å². The summed E-state index contributed by atoms with van der Waals surface area (Å²) in [6.45, 7) is 0.892. The van der Waals surface area contributed by atoms with E-state index in [-0.39, 0.29) is 6.04 Å². The lowest BCUT2D eigenvalue weighted by Crippen LogP contribution is -2.17. The van der Waals surface area contributed by atoms with Crippen LogP contribution in [0.1, 0.15) is 29.5 Å². The molecule has 98 valence electrons. The van der Waals surface area contributed by atoms with Gasteiger partial charge in [0.25, 0.3) is 0 Å². The molecular formula is C16H15F2N. The quantitative estimate of drug-likeness (QED) is 0.865. The van der Waals surface area contributed by atoms with Crippen LogP contribution in [0.5, 0.6) is 0 Å². The highest BCUT2D eigenvalue weighted by Gasteiger charge is 2.29. The van der Waals surface area contributed by atoms with Crippen LogP contribution in [0.4, 0.5) is 8.78 Å². The van der Waals surface area contributed by atoms with Crippen molar-refractivity contribution in [3.8, 4) is 0 Å². The molecule has 1 nitrogen and oxygen atoms in total. The molecule has 3 rings (SSSR count). The molecule has 1 saturated heterocycles. The van der Waals surface area contributed by atoms with Crippen LogP contribution in [-0.2, 0) is 0 Å². The zero-order valence-corrected chi connectivity index (χ0v) is 10.4. The first-order valence-corrected chi connectivity index (χ1v) is 6.49. The third-order valence-electron chi connectivity index (χ3n) is 3.75. The molecule has 0 aromatic heterocycles. The lowest BCUT2D eigenvalue weighted by atomic mass is 9.88. The molecule has 2 atom stereocenters. The molecule has 1 aliphatic rings. The van der Waals surface area contributed by atoms with Gasteiger partial charge >= 0.3 is 0 Å². The number of nitrogens with one attached hydrogen (secondary N) is 1. The summed E-state index contributed by atoms with van der Waals surface area (Å²) >= 11 is 0. The van der Waals surface area contributed by atoms with E-state index in [9.17, 15) is 8.78 Å². The molecule has 19 heavy (non-hydrogen) atoms. The average Bonchev–Trinajstić information content (AvgIpc) is 2.92. The Balaban J connectivity index is 1.93. The van der Waals surface area contributed by atoms with Gasteiger partial charge in [-0.2, -0.15) is 0 Å². The van der Waals surface area contributed by atoms with Crippen molar-refractivity contribution < 1.29 is 8.78 Å². The van der Waals surface area contributed by atoms with Gasteiger partial charge in [0.15, 0.2) is 11.6 Å². The van der Waals surface area contributed by atoms with E-state index in [4.69, 9.17) is 0 Å². The van der Waals surface area contributed by atoms with Gasteiger partial charge in [0.1, 0.15) is 0 Å². The fourth-order valence-electron chi connectivity index (χ4n) is 2.82. The summed E-state index contributed by atoms with van der Waals surface area (Å²) in [7, 11) is 0. The predicted molar refractivity (Wildman–Crippen MR) is 70.9 cm³/mol.